The zero-order valence-corrected chi connectivity index (χ0v) is 27.8. The molecule has 0 radical (unpaired) electrons. The second-order valence-electron chi connectivity index (χ2n) is 11.5. The average Bonchev–Trinajstić information content (AvgIpc) is 3.11. The Balaban J connectivity index is 1.57. The fourth-order valence-electron chi connectivity index (χ4n) is 5.87. The van der Waals surface area contributed by atoms with Gasteiger partial charge in [-0.3, -0.25) is 14.4 Å². The number of fused-ring (bicyclic) bond motifs is 1. The van der Waals surface area contributed by atoms with Crippen LogP contribution in [-0.4, -0.2) is 105 Å². The number of nitrogens with zero attached hydrogens (tertiary/aromatic N) is 3. The molecule has 18 nitrogen and oxygen atoms in total. The van der Waals surface area contributed by atoms with Crippen LogP contribution in [0.4, 0.5) is 0 Å². The highest BCUT2D eigenvalue weighted by Crippen LogP contribution is 2.39. The smallest absolute Gasteiger partial charge is 0.340 e. The molecule has 18 heteroatoms. The Morgan fingerprint density at radius 3 is 1.96 bits per heavy atom. The van der Waals surface area contributed by atoms with E-state index in [1.807, 2.05) is 0 Å². The Hall–Kier alpha value is -5.10. The molecule has 11 atom stereocenters. The van der Waals surface area contributed by atoms with Crippen molar-refractivity contribution in [2.75, 3.05) is 13.7 Å². The lowest BCUT2D eigenvalue weighted by Gasteiger charge is -2.50. The van der Waals surface area contributed by atoms with E-state index in [9.17, 15) is 29.5 Å². The molecule has 0 bridgehead atoms. The van der Waals surface area contributed by atoms with Crippen LogP contribution in [0.5, 0.6) is 0 Å². The predicted molar refractivity (Wildman–Crippen MR) is 166 cm³/mol. The molecule has 3 aliphatic rings. The van der Waals surface area contributed by atoms with Gasteiger partial charge in [-0.2, -0.15) is 0 Å². The van der Waals surface area contributed by atoms with E-state index in [2.05, 4.69) is 10.0 Å². The Kier molecular flexibility index (Phi) is 12.2. The third-order valence-electron chi connectivity index (χ3n) is 7.92. The number of hydrogen-bond donors (Lipinski definition) is 0. The molecule has 0 saturated carbocycles. The lowest BCUT2D eigenvalue weighted by Crippen LogP contribution is -2.67. The van der Waals surface area contributed by atoms with Gasteiger partial charge in [0.15, 0.2) is 37.0 Å². The van der Waals surface area contributed by atoms with Crippen LogP contribution in [-0.2, 0) is 66.5 Å². The number of rotatable bonds is 10. The van der Waals surface area contributed by atoms with Gasteiger partial charge in [-0.1, -0.05) is 53.6 Å². The molecule has 0 aliphatic carbocycles. The average molecular weight is 714 g/mol. The Morgan fingerprint density at radius 2 is 1.35 bits per heavy atom. The Morgan fingerprint density at radius 1 is 0.745 bits per heavy atom. The van der Waals surface area contributed by atoms with Gasteiger partial charge in [-0.15, -0.1) is 0 Å². The van der Waals surface area contributed by atoms with Gasteiger partial charge in [0, 0.05) is 31.2 Å². The molecule has 0 unspecified atom stereocenters. The quantitative estimate of drug-likeness (QED) is 0.113. The lowest BCUT2D eigenvalue weighted by molar-refractivity contribution is -0.370. The van der Waals surface area contributed by atoms with E-state index < -0.39 is 97.5 Å². The van der Waals surface area contributed by atoms with Crippen LogP contribution in [0.2, 0.25) is 0 Å². The maximum Gasteiger partial charge on any atom is 0.340 e. The molecule has 3 aliphatic heterocycles. The van der Waals surface area contributed by atoms with Crippen molar-refractivity contribution < 1.29 is 71.3 Å². The standard InChI is InChI=1S/C33H35N3O15/c1-16(37)44-25-26(45-17(2)38)28(46-18(3)39)33(50-27(25)30(41)42-4)49-24-22(35-36-34)32(51-29(40)19-11-7-5-8-12-19)47-21-15-43-31(48-23(21)24)20-13-9-6-10-14-20/h5-14,21-28,31-33H,15H2,1-4H3/t21-,22-,23-,24-,25+,26+,27+,28-,31-,32+,33-/m1/s1. The summed E-state index contributed by atoms with van der Waals surface area (Å²) in [5, 5.41) is 3.85. The van der Waals surface area contributed by atoms with Crippen molar-refractivity contribution in [3.63, 3.8) is 0 Å². The minimum Gasteiger partial charge on any atom is -0.467 e. The molecule has 0 spiro atoms. The van der Waals surface area contributed by atoms with E-state index in [0.29, 0.717) is 5.56 Å². The van der Waals surface area contributed by atoms with E-state index >= 15 is 0 Å². The molecule has 0 N–H and O–H groups in total. The first-order valence-electron chi connectivity index (χ1n) is 15.7. The number of carbonyl (C=O) groups excluding carboxylic acids is 5. The van der Waals surface area contributed by atoms with Gasteiger partial charge in [-0.25, -0.2) is 9.59 Å². The van der Waals surface area contributed by atoms with E-state index in [-0.39, 0.29) is 12.2 Å². The third kappa shape index (κ3) is 8.80. The second-order valence-corrected chi connectivity index (χ2v) is 11.5. The fourth-order valence-corrected chi connectivity index (χ4v) is 5.87. The molecule has 3 saturated heterocycles. The summed E-state index contributed by atoms with van der Waals surface area (Å²) in [6.07, 6.45) is -14.8. The molecule has 3 fully saturated rings. The van der Waals surface area contributed by atoms with Gasteiger partial charge in [0.05, 0.1) is 19.3 Å². The molecule has 272 valence electrons. The van der Waals surface area contributed by atoms with Crippen LogP contribution in [0.1, 0.15) is 43.0 Å². The highest BCUT2D eigenvalue weighted by atomic mass is 16.8. The Bertz CT molecular complexity index is 1620. The van der Waals surface area contributed by atoms with Crippen molar-refractivity contribution in [3.8, 4) is 0 Å². The van der Waals surface area contributed by atoms with Crippen molar-refractivity contribution in [1.82, 2.24) is 0 Å². The fraction of sp³-hybridized carbons (Fsp3) is 0.485. The summed E-state index contributed by atoms with van der Waals surface area (Å²) in [6, 6.07) is 15.3. The molecular formula is C33H35N3O15. The second kappa shape index (κ2) is 16.7. The number of hydrogen-bond acceptors (Lipinski definition) is 16. The van der Waals surface area contributed by atoms with Crippen molar-refractivity contribution in [2.24, 2.45) is 5.11 Å². The minimum atomic E-state index is -1.82. The summed E-state index contributed by atoms with van der Waals surface area (Å²) in [5.41, 5.74) is 10.5. The van der Waals surface area contributed by atoms with Gasteiger partial charge >= 0.3 is 29.8 Å². The molecule has 2 aromatic rings. The van der Waals surface area contributed by atoms with Crippen molar-refractivity contribution in [1.29, 1.82) is 0 Å². The number of carbonyl (C=O) groups is 5. The summed E-state index contributed by atoms with van der Waals surface area (Å²) < 4.78 is 57.6. The van der Waals surface area contributed by atoms with E-state index in [0.717, 1.165) is 27.9 Å². The molecule has 5 rings (SSSR count). The number of methoxy groups -OCH3 is 1. The summed E-state index contributed by atoms with van der Waals surface area (Å²) in [5.74, 6) is -4.58. The van der Waals surface area contributed by atoms with Gasteiger partial charge < -0.3 is 47.4 Å². The zero-order chi connectivity index (χ0) is 36.7. The maximum atomic E-state index is 13.2. The number of azide groups is 1. The van der Waals surface area contributed by atoms with Crippen LogP contribution < -0.4 is 0 Å². The first-order valence-corrected chi connectivity index (χ1v) is 15.7. The van der Waals surface area contributed by atoms with Crippen molar-refractivity contribution in [2.45, 2.75) is 88.4 Å². The van der Waals surface area contributed by atoms with Crippen LogP contribution in [0, 0.1) is 0 Å². The normalized spacial score (nSPS) is 31.4. The molecule has 0 aromatic heterocycles. The molecule has 0 amide bonds. The third-order valence-corrected chi connectivity index (χ3v) is 7.92. The van der Waals surface area contributed by atoms with E-state index in [1.54, 1.807) is 48.5 Å². The number of benzene rings is 2. The maximum absolute atomic E-state index is 13.2. The largest absolute Gasteiger partial charge is 0.467 e. The molecule has 2 aromatic carbocycles. The monoisotopic (exact) mass is 713 g/mol. The summed E-state index contributed by atoms with van der Waals surface area (Å²) in [4.78, 5) is 66.0. The van der Waals surface area contributed by atoms with Crippen LogP contribution in [0.15, 0.2) is 65.8 Å². The molecule has 51 heavy (non-hydrogen) atoms. The summed E-state index contributed by atoms with van der Waals surface area (Å²) >= 11 is 0. The van der Waals surface area contributed by atoms with Crippen LogP contribution in [0.25, 0.3) is 10.4 Å². The lowest BCUT2D eigenvalue weighted by atomic mass is 9.94. The predicted octanol–water partition coefficient (Wildman–Crippen LogP) is 2.44. The Labute approximate surface area is 290 Å². The molecule has 3 heterocycles. The summed E-state index contributed by atoms with van der Waals surface area (Å²) in [6.45, 7) is 3.01. The van der Waals surface area contributed by atoms with Gasteiger partial charge in [0.2, 0.25) is 6.29 Å². The summed E-state index contributed by atoms with van der Waals surface area (Å²) in [7, 11) is 1.04. The first-order chi connectivity index (χ1) is 24.5. The first kappa shape index (κ1) is 37.2. The number of ether oxygens (including phenoxy) is 10. The van der Waals surface area contributed by atoms with Gasteiger partial charge in [0.1, 0.15) is 24.4 Å². The highest BCUT2D eigenvalue weighted by molar-refractivity contribution is 5.89. The van der Waals surface area contributed by atoms with E-state index in [4.69, 9.17) is 47.4 Å². The van der Waals surface area contributed by atoms with Gasteiger partial charge in [0.25, 0.3) is 0 Å². The zero-order valence-electron chi connectivity index (χ0n) is 27.8. The van der Waals surface area contributed by atoms with Crippen molar-refractivity contribution in [3.05, 3.63) is 82.2 Å². The van der Waals surface area contributed by atoms with Crippen molar-refractivity contribution >= 4 is 29.8 Å². The van der Waals surface area contributed by atoms with Gasteiger partial charge in [-0.05, 0) is 17.7 Å². The SMILES string of the molecule is COC(=O)[C@H]1O[C@@H](O[C@@H]2[C@@H](N=[N+]=[N-])[C@H](OC(=O)c3ccccc3)O[C@@H]3CO[C@@H](c4ccccc4)O[C@@H]23)[C@H](OC(C)=O)[C@@H](OC(C)=O)[C@@H]1OC(C)=O. The van der Waals surface area contributed by atoms with E-state index in [1.165, 1.54) is 12.1 Å². The topological polar surface area (TPSA) is 226 Å². The minimum absolute atomic E-state index is 0.124. The highest BCUT2D eigenvalue weighted by Gasteiger charge is 2.59. The van der Waals surface area contributed by atoms with Crippen LogP contribution in [0.3, 0.4) is 0 Å². The molecular weight excluding hydrogens is 678 g/mol. The number of esters is 5. The van der Waals surface area contributed by atoms with Crippen LogP contribution >= 0.6 is 0 Å².